The lowest BCUT2D eigenvalue weighted by Crippen LogP contribution is -2.45. The average molecular weight is 630 g/mol. The lowest BCUT2D eigenvalue weighted by atomic mass is 9.83. The number of pyridine rings is 1. The first-order valence-corrected chi connectivity index (χ1v) is 18.7. The van der Waals surface area contributed by atoms with Crippen LogP contribution >= 0.6 is 0 Å². The molecule has 4 heterocycles. The first-order valence-electron chi connectivity index (χ1n) is 15.8. The number of nitrogens with one attached hydrogen (secondary N) is 2. The van der Waals surface area contributed by atoms with Crippen molar-refractivity contribution in [1.29, 1.82) is 5.26 Å². The molecule has 1 saturated heterocycles. The van der Waals surface area contributed by atoms with E-state index in [2.05, 4.69) is 80.4 Å². The molecule has 2 N–H and O–H groups in total. The molecular weight excluding hydrogens is 583 g/mol. The van der Waals surface area contributed by atoms with Crippen LogP contribution in [-0.2, 0) is 21.1 Å². The van der Waals surface area contributed by atoms with Gasteiger partial charge in [0.05, 0.1) is 30.2 Å². The molecule has 11 heteroatoms. The summed E-state index contributed by atoms with van der Waals surface area (Å²) in [6.07, 6.45) is 3.58. The smallest absolute Gasteiger partial charge is 0.274 e. The standard InChI is InChI=1S/C34H47N7O3Si/c1-23-15-29(31(42)41(19-23)20-24(2)40-11-13-43-14-12-40)39-32-36-10-9-28(38-32)25-16-26(18-35)30-27(17-25)34(6,21-37-30)22-44-45(7,8)33(3,4)5/h9-10,15-17,19,24,37H,11-14,20-22H2,1-8H3,(H,36,38,39)/t24?,34-/m1/s1. The zero-order valence-corrected chi connectivity index (χ0v) is 29.0. The molecule has 1 aromatic carbocycles. The monoisotopic (exact) mass is 629 g/mol. The molecule has 2 atom stereocenters. The van der Waals surface area contributed by atoms with Gasteiger partial charge >= 0.3 is 0 Å². The number of nitriles is 1. The van der Waals surface area contributed by atoms with E-state index in [0.717, 1.165) is 35.5 Å². The van der Waals surface area contributed by atoms with E-state index >= 15 is 0 Å². The van der Waals surface area contributed by atoms with Crippen molar-refractivity contribution in [2.24, 2.45) is 0 Å². The third-order valence-electron chi connectivity index (χ3n) is 9.67. The number of fused-ring (bicyclic) bond motifs is 1. The molecule has 2 aromatic heterocycles. The first-order chi connectivity index (χ1) is 21.2. The maximum atomic E-state index is 13.5. The van der Waals surface area contributed by atoms with Gasteiger partial charge in [0.25, 0.3) is 5.56 Å². The largest absolute Gasteiger partial charge is 0.416 e. The molecular formula is C34H47N7O3Si. The molecule has 10 nitrogen and oxygen atoms in total. The second-order valence-electron chi connectivity index (χ2n) is 14.3. The molecule has 240 valence electrons. The number of benzene rings is 1. The molecule has 0 saturated carbocycles. The van der Waals surface area contributed by atoms with Crippen LogP contribution in [0.2, 0.25) is 18.1 Å². The molecule has 1 unspecified atom stereocenters. The maximum absolute atomic E-state index is 13.5. The fourth-order valence-corrected chi connectivity index (χ4v) is 6.85. The normalized spacial score (nSPS) is 19.4. The Hall–Kier alpha value is -3.56. The Balaban J connectivity index is 1.41. The van der Waals surface area contributed by atoms with E-state index < -0.39 is 8.32 Å². The Morgan fingerprint density at radius 1 is 1.24 bits per heavy atom. The van der Waals surface area contributed by atoms with Crippen LogP contribution in [0.5, 0.6) is 0 Å². The highest BCUT2D eigenvalue weighted by Crippen LogP contribution is 2.44. The van der Waals surface area contributed by atoms with Gasteiger partial charge in [-0.05, 0) is 67.4 Å². The van der Waals surface area contributed by atoms with E-state index in [9.17, 15) is 10.1 Å². The minimum Gasteiger partial charge on any atom is -0.416 e. The molecule has 2 aliphatic heterocycles. The van der Waals surface area contributed by atoms with Gasteiger partial charge in [0.15, 0.2) is 8.32 Å². The number of aromatic nitrogens is 3. The summed E-state index contributed by atoms with van der Waals surface area (Å²) < 4.78 is 13.9. The predicted molar refractivity (Wildman–Crippen MR) is 182 cm³/mol. The van der Waals surface area contributed by atoms with Gasteiger partial charge in [-0.15, -0.1) is 0 Å². The van der Waals surface area contributed by atoms with E-state index in [-0.39, 0.29) is 22.1 Å². The second-order valence-corrected chi connectivity index (χ2v) is 19.1. The minimum atomic E-state index is -1.97. The van der Waals surface area contributed by atoms with Crippen molar-refractivity contribution in [2.75, 3.05) is 50.1 Å². The fraction of sp³-hybridized carbons (Fsp3) is 0.529. The van der Waals surface area contributed by atoms with Crippen molar-refractivity contribution in [1.82, 2.24) is 19.4 Å². The molecule has 0 amide bonds. The Kier molecular flexibility index (Phi) is 9.24. The Morgan fingerprint density at radius 2 is 1.98 bits per heavy atom. The van der Waals surface area contributed by atoms with Crippen LogP contribution in [-0.4, -0.2) is 73.2 Å². The summed E-state index contributed by atoms with van der Waals surface area (Å²) in [5, 5.41) is 16.8. The van der Waals surface area contributed by atoms with E-state index in [0.29, 0.717) is 55.8 Å². The topological polar surface area (TPSA) is 117 Å². The number of ether oxygens (including phenoxy) is 1. The van der Waals surface area contributed by atoms with Gasteiger partial charge in [-0.25, -0.2) is 9.97 Å². The minimum absolute atomic E-state index is 0.101. The SMILES string of the molecule is Cc1cc(Nc2nccc(-c3cc(C#N)c4c(c3)[C@@](C)(CO[Si](C)(C)C(C)(C)C)CN4)n2)c(=O)n(CC(C)N2CCOCC2)c1. The summed E-state index contributed by atoms with van der Waals surface area (Å²) in [7, 11) is -1.97. The highest BCUT2D eigenvalue weighted by Gasteiger charge is 2.42. The summed E-state index contributed by atoms with van der Waals surface area (Å²) in [6, 6.07) is 10.2. The Bertz CT molecular complexity index is 1650. The molecule has 5 rings (SSSR count). The number of hydrogen-bond donors (Lipinski definition) is 2. The average Bonchev–Trinajstić information content (AvgIpc) is 3.34. The quantitative estimate of drug-likeness (QED) is 0.289. The molecule has 1 fully saturated rings. The second kappa shape index (κ2) is 12.7. The van der Waals surface area contributed by atoms with E-state index in [1.54, 1.807) is 10.8 Å². The molecule has 0 aliphatic carbocycles. The van der Waals surface area contributed by atoms with Crippen molar-refractivity contribution in [3.05, 3.63) is 63.7 Å². The van der Waals surface area contributed by atoms with Crippen LogP contribution in [0.3, 0.4) is 0 Å². The van der Waals surface area contributed by atoms with E-state index in [1.165, 1.54) is 0 Å². The van der Waals surface area contributed by atoms with Gasteiger partial charge in [-0.2, -0.15) is 5.26 Å². The van der Waals surface area contributed by atoms with Crippen molar-refractivity contribution >= 4 is 25.6 Å². The number of anilines is 3. The number of rotatable bonds is 9. The summed E-state index contributed by atoms with van der Waals surface area (Å²) >= 11 is 0. The third kappa shape index (κ3) is 6.99. The number of morpholine rings is 1. The van der Waals surface area contributed by atoms with Crippen LogP contribution in [0.4, 0.5) is 17.3 Å². The van der Waals surface area contributed by atoms with Crippen molar-refractivity contribution in [3.63, 3.8) is 0 Å². The van der Waals surface area contributed by atoms with Gasteiger partial charge in [0.2, 0.25) is 5.95 Å². The molecule has 0 bridgehead atoms. The van der Waals surface area contributed by atoms with Gasteiger partial charge in [-0.3, -0.25) is 9.69 Å². The molecule has 0 radical (unpaired) electrons. The zero-order valence-electron chi connectivity index (χ0n) is 28.0. The van der Waals surface area contributed by atoms with Crippen LogP contribution in [0.15, 0.2) is 41.5 Å². The first kappa shape index (κ1) is 32.8. The van der Waals surface area contributed by atoms with Gasteiger partial charge < -0.3 is 24.4 Å². The molecule has 2 aliphatic rings. The zero-order chi connectivity index (χ0) is 32.6. The summed E-state index contributed by atoms with van der Waals surface area (Å²) in [4.78, 5) is 25.1. The molecule has 45 heavy (non-hydrogen) atoms. The highest BCUT2D eigenvalue weighted by molar-refractivity contribution is 6.74. The van der Waals surface area contributed by atoms with Crippen molar-refractivity contribution in [2.45, 2.75) is 77.7 Å². The van der Waals surface area contributed by atoms with Gasteiger partial charge in [0.1, 0.15) is 11.8 Å². The van der Waals surface area contributed by atoms with Crippen molar-refractivity contribution in [3.8, 4) is 17.3 Å². The van der Waals surface area contributed by atoms with Crippen molar-refractivity contribution < 1.29 is 9.16 Å². The van der Waals surface area contributed by atoms with E-state index in [4.69, 9.17) is 14.1 Å². The summed E-state index contributed by atoms with van der Waals surface area (Å²) in [6.45, 7) is 22.6. The van der Waals surface area contributed by atoms with Gasteiger partial charge in [0, 0.05) is 62.2 Å². The highest BCUT2D eigenvalue weighted by atomic mass is 28.4. The lowest BCUT2D eigenvalue weighted by molar-refractivity contribution is 0.0167. The van der Waals surface area contributed by atoms with Crippen LogP contribution < -0.4 is 16.2 Å². The van der Waals surface area contributed by atoms with Crippen LogP contribution in [0.25, 0.3) is 11.3 Å². The maximum Gasteiger partial charge on any atom is 0.274 e. The fourth-order valence-electron chi connectivity index (χ4n) is 5.74. The summed E-state index contributed by atoms with van der Waals surface area (Å²) in [5.41, 5.74) is 4.94. The number of aryl methyl sites for hydroxylation is 1. The van der Waals surface area contributed by atoms with E-state index in [1.807, 2.05) is 31.3 Å². The number of nitrogens with zero attached hydrogens (tertiary/aromatic N) is 5. The third-order valence-corrected chi connectivity index (χ3v) is 14.2. The Labute approximate surface area is 267 Å². The molecule has 3 aromatic rings. The lowest BCUT2D eigenvalue weighted by Gasteiger charge is -2.39. The predicted octanol–water partition coefficient (Wildman–Crippen LogP) is 5.65. The Morgan fingerprint density at radius 3 is 2.67 bits per heavy atom. The summed E-state index contributed by atoms with van der Waals surface area (Å²) in [5.74, 6) is 0.323. The number of hydrogen-bond acceptors (Lipinski definition) is 9. The van der Waals surface area contributed by atoms with Crippen LogP contribution in [0.1, 0.15) is 51.3 Å². The van der Waals surface area contributed by atoms with Crippen LogP contribution in [0, 0.1) is 18.3 Å². The van der Waals surface area contributed by atoms with Gasteiger partial charge in [-0.1, -0.05) is 27.7 Å². The molecule has 0 spiro atoms.